The highest BCUT2D eigenvalue weighted by atomic mass is 79.9. The summed E-state index contributed by atoms with van der Waals surface area (Å²) in [5.74, 6) is -2.37. The average molecular weight is 416 g/mol. The van der Waals surface area contributed by atoms with Gasteiger partial charge >= 0.3 is 12.1 Å². The van der Waals surface area contributed by atoms with Gasteiger partial charge in [-0.05, 0) is 28.1 Å². The molecule has 3 nitrogen and oxygen atoms in total. The van der Waals surface area contributed by atoms with Crippen LogP contribution >= 0.6 is 15.9 Å². The van der Waals surface area contributed by atoms with E-state index in [2.05, 4.69) is 20.9 Å². The Morgan fingerprint density at radius 2 is 1.76 bits per heavy atom. The Balaban J connectivity index is 2.23. The van der Waals surface area contributed by atoms with Crippen LogP contribution in [0.15, 0.2) is 51.4 Å². The van der Waals surface area contributed by atoms with Crippen LogP contribution in [0, 0.1) is 5.82 Å². The standard InChI is InChI=1S/C17H10BrF4NO2/c1-24-15-11(18)7-10(8-12(15)19)14-13(9-5-3-2-4-6-9)23-16(25-14)17(20,21)22/h2-8H,1H3. The van der Waals surface area contributed by atoms with Gasteiger partial charge in [0.15, 0.2) is 17.3 Å². The lowest BCUT2D eigenvalue weighted by Crippen LogP contribution is -2.04. The summed E-state index contributed by atoms with van der Waals surface area (Å²) in [6.07, 6.45) is -4.76. The molecule has 1 heterocycles. The lowest BCUT2D eigenvalue weighted by Gasteiger charge is -2.07. The van der Waals surface area contributed by atoms with Crippen molar-refractivity contribution in [2.24, 2.45) is 0 Å². The summed E-state index contributed by atoms with van der Waals surface area (Å²) >= 11 is 3.13. The van der Waals surface area contributed by atoms with E-state index < -0.39 is 17.9 Å². The number of hydrogen-bond donors (Lipinski definition) is 0. The van der Waals surface area contributed by atoms with Crippen molar-refractivity contribution >= 4 is 15.9 Å². The van der Waals surface area contributed by atoms with Gasteiger partial charge < -0.3 is 9.15 Å². The first kappa shape index (κ1) is 17.5. The predicted molar refractivity (Wildman–Crippen MR) is 86.6 cm³/mol. The lowest BCUT2D eigenvalue weighted by molar-refractivity contribution is -0.156. The van der Waals surface area contributed by atoms with Crippen LogP contribution in [-0.4, -0.2) is 12.1 Å². The van der Waals surface area contributed by atoms with Gasteiger partial charge in [-0.2, -0.15) is 13.2 Å². The first-order valence-electron chi connectivity index (χ1n) is 6.98. The minimum Gasteiger partial charge on any atom is -0.492 e. The molecule has 0 N–H and O–H groups in total. The highest BCUT2D eigenvalue weighted by molar-refractivity contribution is 9.10. The second-order valence-corrected chi connectivity index (χ2v) is 5.89. The summed E-state index contributed by atoms with van der Waals surface area (Å²) in [4.78, 5) is 3.57. The van der Waals surface area contributed by atoms with Crippen molar-refractivity contribution in [1.82, 2.24) is 4.98 Å². The van der Waals surface area contributed by atoms with Crippen molar-refractivity contribution < 1.29 is 26.7 Å². The van der Waals surface area contributed by atoms with Gasteiger partial charge in [-0.15, -0.1) is 0 Å². The van der Waals surface area contributed by atoms with Gasteiger partial charge in [0, 0.05) is 11.1 Å². The molecule has 25 heavy (non-hydrogen) atoms. The van der Waals surface area contributed by atoms with E-state index in [1.807, 2.05) is 0 Å². The number of methoxy groups -OCH3 is 1. The molecule has 0 amide bonds. The van der Waals surface area contributed by atoms with E-state index in [9.17, 15) is 17.6 Å². The van der Waals surface area contributed by atoms with Gasteiger partial charge in [-0.3, -0.25) is 0 Å². The lowest BCUT2D eigenvalue weighted by atomic mass is 10.1. The average Bonchev–Trinajstić information content (AvgIpc) is 3.01. The number of rotatable bonds is 3. The zero-order chi connectivity index (χ0) is 18.2. The van der Waals surface area contributed by atoms with Gasteiger partial charge in [0.1, 0.15) is 5.69 Å². The summed E-state index contributed by atoms with van der Waals surface area (Å²) in [5, 5.41) is 0. The van der Waals surface area contributed by atoms with Crippen LogP contribution in [0.1, 0.15) is 5.89 Å². The molecule has 0 aliphatic carbocycles. The Labute approximate surface area is 148 Å². The first-order valence-corrected chi connectivity index (χ1v) is 7.77. The van der Waals surface area contributed by atoms with Crippen molar-refractivity contribution in [3.8, 4) is 28.3 Å². The fourth-order valence-corrected chi connectivity index (χ4v) is 2.91. The molecule has 0 bridgehead atoms. The second-order valence-electron chi connectivity index (χ2n) is 5.03. The molecule has 0 atom stereocenters. The molecule has 0 aliphatic heterocycles. The normalized spacial score (nSPS) is 11.6. The molecule has 0 saturated carbocycles. The fourth-order valence-electron chi connectivity index (χ4n) is 2.31. The Morgan fingerprint density at radius 1 is 1.08 bits per heavy atom. The van der Waals surface area contributed by atoms with Crippen molar-refractivity contribution in [2.45, 2.75) is 6.18 Å². The second kappa shape index (κ2) is 6.51. The maximum Gasteiger partial charge on any atom is 0.468 e. The fraction of sp³-hybridized carbons (Fsp3) is 0.118. The third-order valence-electron chi connectivity index (χ3n) is 3.38. The largest absolute Gasteiger partial charge is 0.492 e. The van der Waals surface area contributed by atoms with Crippen LogP contribution < -0.4 is 4.74 Å². The molecule has 3 aromatic rings. The zero-order valence-corrected chi connectivity index (χ0v) is 14.3. The third kappa shape index (κ3) is 3.39. The van der Waals surface area contributed by atoms with Gasteiger partial charge in [-0.1, -0.05) is 30.3 Å². The molecule has 0 unspecified atom stereocenters. The van der Waals surface area contributed by atoms with E-state index in [-0.39, 0.29) is 27.2 Å². The number of hydrogen-bond acceptors (Lipinski definition) is 3. The number of ether oxygens (including phenoxy) is 1. The number of benzene rings is 2. The summed E-state index contributed by atoms with van der Waals surface area (Å²) < 4.78 is 63.3. The molecule has 2 aromatic carbocycles. The van der Waals surface area contributed by atoms with Crippen LogP contribution in [0.5, 0.6) is 5.75 Å². The summed E-state index contributed by atoms with van der Waals surface area (Å²) in [6.45, 7) is 0. The number of aromatic nitrogens is 1. The van der Waals surface area contributed by atoms with Gasteiger partial charge in [0.25, 0.3) is 0 Å². The maximum absolute atomic E-state index is 14.1. The molecule has 0 spiro atoms. The maximum atomic E-state index is 14.1. The molecular formula is C17H10BrF4NO2. The molecular weight excluding hydrogens is 406 g/mol. The van der Waals surface area contributed by atoms with E-state index in [0.717, 1.165) is 6.07 Å². The molecule has 0 fully saturated rings. The smallest absolute Gasteiger partial charge is 0.468 e. The highest BCUT2D eigenvalue weighted by Gasteiger charge is 2.39. The highest BCUT2D eigenvalue weighted by Crippen LogP contribution is 2.41. The molecule has 1 aromatic heterocycles. The summed E-state index contributed by atoms with van der Waals surface area (Å²) in [5.41, 5.74) is 0.500. The quantitative estimate of drug-likeness (QED) is 0.496. The minimum atomic E-state index is -4.76. The van der Waals surface area contributed by atoms with E-state index in [1.165, 1.54) is 13.2 Å². The van der Waals surface area contributed by atoms with Crippen molar-refractivity contribution in [3.05, 3.63) is 58.6 Å². The van der Waals surface area contributed by atoms with Crippen molar-refractivity contribution in [1.29, 1.82) is 0 Å². The Hall–Kier alpha value is -2.35. The Kier molecular flexibility index (Phi) is 4.55. The van der Waals surface area contributed by atoms with Gasteiger partial charge in [0.2, 0.25) is 0 Å². The number of oxazole rings is 1. The van der Waals surface area contributed by atoms with Gasteiger partial charge in [-0.25, -0.2) is 9.37 Å². The molecule has 8 heteroatoms. The van der Waals surface area contributed by atoms with E-state index in [0.29, 0.717) is 5.56 Å². The molecule has 0 radical (unpaired) electrons. The van der Waals surface area contributed by atoms with Crippen LogP contribution in [0.4, 0.5) is 17.6 Å². The van der Waals surface area contributed by atoms with Crippen LogP contribution in [0.25, 0.3) is 22.6 Å². The molecule has 0 saturated heterocycles. The molecule has 0 aliphatic rings. The Morgan fingerprint density at radius 3 is 2.32 bits per heavy atom. The van der Waals surface area contributed by atoms with Crippen LogP contribution in [0.3, 0.4) is 0 Å². The number of alkyl halides is 3. The SMILES string of the molecule is COc1c(F)cc(-c2oc(C(F)(F)F)nc2-c2ccccc2)cc1Br. The van der Waals surface area contributed by atoms with Crippen molar-refractivity contribution in [2.75, 3.05) is 7.11 Å². The van der Waals surface area contributed by atoms with Gasteiger partial charge in [0.05, 0.1) is 11.6 Å². The van der Waals surface area contributed by atoms with E-state index in [1.54, 1.807) is 30.3 Å². The summed E-state index contributed by atoms with van der Waals surface area (Å²) in [7, 11) is 1.29. The predicted octanol–water partition coefficient (Wildman–Crippen LogP) is 5.94. The zero-order valence-electron chi connectivity index (χ0n) is 12.7. The van der Waals surface area contributed by atoms with Crippen molar-refractivity contribution in [3.63, 3.8) is 0 Å². The Bertz CT molecular complexity index is 884. The minimum absolute atomic E-state index is 0.0237. The van der Waals surface area contributed by atoms with Crippen LogP contribution in [-0.2, 0) is 6.18 Å². The first-order chi connectivity index (χ1) is 11.8. The number of nitrogens with zero attached hydrogens (tertiary/aromatic N) is 1. The van der Waals surface area contributed by atoms with E-state index >= 15 is 0 Å². The topological polar surface area (TPSA) is 35.3 Å². The summed E-state index contributed by atoms with van der Waals surface area (Å²) in [6, 6.07) is 10.7. The monoisotopic (exact) mass is 415 g/mol. The third-order valence-corrected chi connectivity index (χ3v) is 3.97. The van der Waals surface area contributed by atoms with E-state index in [4.69, 9.17) is 9.15 Å². The molecule has 3 rings (SSSR count). The molecule has 130 valence electrons. The van der Waals surface area contributed by atoms with Crippen LogP contribution in [0.2, 0.25) is 0 Å². The number of halogens is 5.